The van der Waals surface area contributed by atoms with Gasteiger partial charge in [0.2, 0.25) is 0 Å². The van der Waals surface area contributed by atoms with E-state index in [2.05, 4.69) is 49.8 Å². The Kier molecular flexibility index (Phi) is 10.1. The van der Waals surface area contributed by atoms with Gasteiger partial charge in [-0.2, -0.15) is 4.91 Å². The second kappa shape index (κ2) is 12.8. The number of rotatable bonds is 14. The van der Waals surface area contributed by atoms with Crippen molar-refractivity contribution in [1.82, 2.24) is 5.64 Å². The first-order valence-corrected chi connectivity index (χ1v) is 12.9. The van der Waals surface area contributed by atoms with Crippen molar-refractivity contribution in [3.05, 3.63) is 40.9 Å². The van der Waals surface area contributed by atoms with Crippen molar-refractivity contribution in [2.24, 2.45) is 40.7 Å². The van der Waals surface area contributed by atoms with Crippen molar-refractivity contribution < 1.29 is 9.68 Å². The number of fused-ring (bicyclic) bond motifs is 3. The summed E-state index contributed by atoms with van der Waals surface area (Å²) in [5.74, 6) is 4.35. The van der Waals surface area contributed by atoms with E-state index in [0.717, 1.165) is 42.9 Å². The molecular formula is C27H44N2O3. The highest BCUT2D eigenvalue weighted by molar-refractivity contribution is 5.25. The lowest BCUT2D eigenvalue weighted by atomic mass is 9.70. The first-order chi connectivity index (χ1) is 15.5. The molecule has 1 saturated carbocycles. The normalized spacial score (nSPS) is 31.0. The highest BCUT2D eigenvalue weighted by Gasteiger charge is 2.43. The second-order valence-electron chi connectivity index (χ2n) is 10.6. The quantitative estimate of drug-likeness (QED) is 0.137. The maximum Gasteiger partial charge on any atom is 0.107 e. The third-order valence-electron chi connectivity index (χ3n) is 7.73. The van der Waals surface area contributed by atoms with Gasteiger partial charge in [-0.3, -0.25) is 9.68 Å². The monoisotopic (exact) mass is 444 g/mol. The number of hydrogen-bond donors (Lipinski definition) is 1. The van der Waals surface area contributed by atoms with E-state index < -0.39 is 0 Å². The molecule has 1 N–H and O–H groups in total. The first kappa shape index (κ1) is 25.3. The predicted octanol–water partition coefficient (Wildman–Crippen LogP) is 6.92. The van der Waals surface area contributed by atoms with Crippen LogP contribution >= 0.6 is 0 Å². The zero-order valence-electron chi connectivity index (χ0n) is 20.5. The minimum atomic E-state index is -0.342. The molecule has 0 spiro atoms. The SMILES string of the molecule is CC1=CC2C(C=CC3CCCC32)C1CCONOC(/C=C/C(C)N=O)CCCCC(C)C. The number of unbranched alkanes of at least 4 members (excludes halogenated alkanes) is 1. The largest absolute Gasteiger partial charge is 0.277 e. The van der Waals surface area contributed by atoms with Gasteiger partial charge >= 0.3 is 0 Å². The van der Waals surface area contributed by atoms with Crippen molar-refractivity contribution in [3.63, 3.8) is 0 Å². The fourth-order valence-corrected chi connectivity index (χ4v) is 5.94. The Balaban J connectivity index is 1.40. The van der Waals surface area contributed by atoms with Crippen molar-refractivity contribution in [1.29, 1.82) is 0 Å². The Bertz CT molecular complexity index is 672. The van der Waals surface area contributed by atoms with E-state index >= 15 is 0 Å². The molecule has 180 valence electrons. The van der Waals surface area contributed by atoms with Crippen molar-refractivity contribution in [2.45, 2.75) is 91.2 Å². The molecule has 5 heteroatoms. The predicted molar refractivity (Wildman–Crippen MR) is 130 cm³/mol. The molecule has 7 unspecified atom stereocenters. The molecule has 32 heavy (non-hydrogen) atoms. The van der Waals surface area contributed by atoms with Crippen LogP contribution in [0.4, 0.5) is 0 Å². The zero-order valence-corrected chi connectivity index (χ0v) is 20.5. The first-order valence-electron chi connectivity index (χ1n) is 12.9. The minimum Gasteiger partial charge on any atom is -0.277 e. The van der Waals surface area contributed by atoms with Gasteiger partial charge < -0.3 is 0 Å². The maximum atomic E-state index is 10.7. The Morgan fingerprint density at radius 1 is 1.12 bits per heavy atom. The molecule has 0 aliphatic heterocycles. The van der Waals surface area contributed by atoms with Crippen LogP contribution in [0.5, 0.6) is 0 Å². The fourth-order valence-electron chi connectivity index (χ4n) is 5.94. The van der Waals surface area contributed by atoms with Crippen LogP contribution in [0.15, 0.2) is 41.1 Å². The second-order valence-corrected chi connectivity index (χ2v) is 10.6. The zero-order chi connectivity index (χ0) is 22.9. The van der Waals surface area contributed by atoms with Crippen LogP contribution in [-0.2, 0) is 9.68 Å². The molecule has 5 nitrogen and oxygen atoms in total. The van der Waals surface area contributed by atoms with Crippen LogP contribution < -0.4 is 5.64 Å². The van der Waals surface area contributed by atoms with E-state index in [0.29, 0.717) is 18.4 Å². The molecule has 0 aromatic heterocycles. The van der Waals surface area contributed by atoms with Crippen LogP contribution in [0.2, 0.25) is 0 Å². The van der Waals surface area contributed by atoms with E-state index in [4.69, 9.17) is 9.68 Å². The summed E-state index contributed by atoms with van der Waals surface area (Å²) in [7, 11) is 0. The van der Waals surface area contributed by atoms with Gasteiger partial charge in [0.05, 0.1) is 12.7 Å². The summed E-state index contributed by atoms with van der Waals surface area (Å²) in [6.07, 6.45) is 20.7. The van der Waals surface area contributed by atoms with Gasteiger partial charge in [-0.05, 0) is 75.0 Å². The van der Waals surface area contributed by atoms with Crippen LogP contribution in [-0.4, -0.2) is 18.8 Å². The van der Waals surface area contributed by atoms with E-state index in [9.17, 15) is 4.91 Å². The van der Waals surface area contributed by atoms with Crippen molar-refractivity contribution in [2.75, 3.05) is 6.61 Å². The minimum absolute atomic E-state index is 0.121. The summed E-state index contributed by atoms with van der Waals surface area (Å²) in [6.45, 7) is 9.20. The number of nitrogens with zero attached hydrogens (tertiary/aromatic N) is 1. The van der Waals surface area contributed by atoms with Gasteiger partial charge in [-0.1, -0.05) is 86.3 Å². The summed E-state index contributed by atoms with van der Waals surface area (Å²) >= 11 is 0. The summed E-state index contributed by atoms with van der Waals surface area (Å²) < 4.78 is 0. The topological polar surface area (TPSA) is 59.9 Å². The molecule has 0 saturated heterocycles. The van der Waals surface area contributed by atoms with Crippen LogP contribution in [0.25, 0.3) is 0 Å². The van der Waals surface area contributed by atoms with Crippen LogP contribution in [0.3, 0.4) is 0 Å². The standard InChI is InChI=1S/C27H44N2O3/c1-19(2)8-5-6-10-23(14-12-21(4)28-30)32-29-31-17-16-24-20(3)18-27-25-11-7-9-22(25)13-15-26(24)27/h12-15,18-19,21-27,29H,5-11,16-17H2,1-4H3/b14-12+. The highest BCUT2D eigenvalue weighted by atomic mass is 16.9. The lowest BCUT2D eigenvalue weighted by Gasteiger charge is -2.34. The Hall–Kier alpha value is -1.30. The third-order valence-corrected chi connectivity index (χ3v) is 7.73. The van der Waals surface area contributed by atoms with Crippen LogP contribution in [0.1, 0.15) is 79.1 Å². The van der Waals surface area contributed by atoms with Crippen molar-refractivity contribution in [3.8, 4) is 0 Å². The van der Waals surface area contributed by atoms with Crippen LogP contribution in [0, 0.1) is 40.4 Å². The number of nitrogens with one attached hydrogen (secondary N) is 1. The van der Waals surface area contributed by atoms with Gasteiger partial charge in [-0.15, -0.1) is 0 Å². The third kappa shape index (κ3) is 7.10. The van der Waals surface area contributed by atoms with Gasteiger partial charge in [0.25, 0.3) is 0 Å². The average molecular weight is 445 g/mol. The molecule has 1 fully saturated rings. The molecule has 0 radical (unpaired) electrons. The Morgan fingerprint density at radius 3 is 2.72 bits per heavy atom. The molecule has 0 aromatic carbocycles. The smallest absolute Gasteiger partial charge is 0.107 e. The number of hydrogen-bond acceptors (Lipinski definition) is 5. The highest BCUT2D eigenvalue weighted by Crippen LogP contribution is 2.52. The molecule has 0 amide bonds. The molecular weight excluding hydrogens is 400 g/mol. The molecule has 0 heterocycles. The van der Waals surface area contributed by atoms with E-state index in [1.165, 1.54) is 37.7 Å². The summed E-state index contributed by atoms with van der Waals surface area (Å²) in [5.41, 5.74) is 4.26. The molecule has 3 aliphatic carbocycles. The van der Waals surface area contributed by atoms with Gasteiger partial charge in [0.15, 0.2) is 0 Å². The summed E-state index contributed by atoms with van der Waals surface area (Å²) in [6, 6.07) is -0.342. The molecule has 0 bridgehead atoms. The van der Waals surface area contributed by atoms with E-state index in [1.54, 1.807) is 13.0 Å². The molecule has 3 aliphatic rings. The fraction of sp³-hybridized carbons (Fsp3) is 0.778. The summed E-state index contributed by atoms with van der Waals surface area (Å²) in [4.78, 5) is 22.1. The Labute approximate surface area is 195 Å². The van der Waals surface area contributed by atoms with Gasteiger partial charge in [0, 0.05) is 0 Å². The van der Waals surface area contributed by atoms with Gasteiger partial charge in [0.1, 0.15) is 6.04 Å². The summed E-state index contributed by atoms with van der Waals surface area (Å²) in [5, 5.41) is 3.04. The van der Waals surface area contributed by atoms with Crippen molar-refractivity contribution >= 4 is 0 Å². The van der Waals surface area contributed by atoms with Gasteiger partial charge in [-0.25, -0.2) is 0 Å². The lowest BCUT2D eigenvalue weighted by molar-refractivity contribution is -0.190. The number of nitroso groups, excluding NO2 is 1. The Morgan fingerprint density at radius 2 is 1.94 bits per heavy atom. The lowest BCUT2D eigenvalue weighted by Crippen LogP contribution is -2.29. The number of allylic oxidation sites excluding steroid dienone is 4. The van der Waals surface area contributed by atoms with E-state index in [1.807, 2.05) is 6.08 Å². The molecule has 3 rings (SSSR count). The maximum absolute atomic E-state index is 10.7. The van der Waals surface area contributed by atoms with E-state index in [-0.39, 0.29) is 12.1 Å². The average Bonchev–Trinajstić information content (AvgIpc) is 3.37. The molecule has 0 aromatic rings. The molecule has 7 atom stereocenters.